The van der Waals surface area contributed by atoms with Crippen LogP contribution in [0.25, 0.3) is 0 Å². The molecular weight excluding hydrogens is 345 g/mol. The van der Waals surface area contributed by atoms with Crippen molar-refractivity contribution >= 4 is 21.6 Å². The number of alkyl halides is 3. The van der Waals surface area contributed by atoms with Crippen LogP contribution in [0.3, 0.4) is 0 Å². The van der Waals surface area contributed by atoms with Gasteiger partial charge in [-0.1, -0.05) is 0 Å². The summed E-state index contributed by atoms with van der Waals surface area (Å²) in [4.78, 5) is 10.7. The molecule has 5 nitrogen and oxygen atoms in total. The summed E-state index contributed by atoms with van der Waals surface area (Å²) in [5.74, 6) is -0.658. The van der Waals surface area contributed by atoms with Crippen molar-refractivity contribution in [1.82, 2.24) is 0 Å². The van der Waals surface area contributed by atoms with E-state index >= 15 is 0 Å². The Balaban J connectivity index is 2.33. The van der Waals surface area contributed by atoms with Crippen LogP contribution in [0.4, 0.5) is 18.9 Å². The second-order valence-corrected chi connectivity index (χ2v) is 6.88. The second kappa shape index (κ2) is 6.16. The number of sulfonamides is 1. The van der Waals surface area contributed by atoms with Gasteiger partial charge in [0.2, 0.25) is 5.91 Å². The number of anilines is 1. The fourth-order valence-electron chi connectivity index (χ4n) is 1.95. The van der Waals surface area contributed by atoms with Gasteiger partial charge in [-0.05, 0) is 48.5 Å². The molecule has 2 aromatic carbocycles. The fourth-order valence-corrected chi connectivity index (χ4v) is 3.14. The minimum Gasteiger partial charge on any atom is -0.366 e. The maximum absolute atomic E-state index is 12.5. The molecule has 0 radical (unpaired) electrons. The Morgan fingerprint density at radius 3 is 1.92 bits per heavy atom. The number of halogens is 3. The van der Waals surface area contributed by atoms with Crippen molar-refractivity contribution in [3.05, 3.63) is 59.7 Å². The van der Waals surface area contributed by atoms with Gasteiger partial charge < -0.3 is 5.73 Å². The number of primary amides is 1. The molecule has 0 fully saturated rings. The first-order valence-corrected chi connectivity index (χ1v) is 8.03. The quantitative estimate of drug-likeness (QED) is 0.912. The molecule has 0 spiro atoms. The van der Waals surface area contributed by atoms with Gasteiger partial charge in [0.15, 0.2) is 0 Å². The highest BCUT2D eigenvalue weighted by atomic mass is 32.2. The summed E-state index contributed by atoms with van der Waals surface area (Å²) >= 11 is 0. The van der Waals surface area contributed by atoms with E-state index < -0.39 is 27.7 Å². The number of nitrogens with two attached hydrogens (primary N) is 1. The number of benzene rings is 2. The van der Waals surface area contributed by atoms with E-state index in [1.54, 1.807) is 0 Å². The smallest absolute Gasteiger partial charge is 0.366 e. The molecule has 0 aliphatic rings. The number of nitrogens with zero attached hydrogens (tertiary/aromatic N) is 1. The Labute approximate surface area is 136 Å². The van der Waals surface area contributed by atoms with Crippen molar-refractivity contribution in [3.63, 3.8) is 0 Å². The summed E-state index contributed by atoms with van der Waals surface area (Å²) in [6, 6.07) is 8.67. The van der Waals surface area contributed by atoms with E-state index in [2.05, 4.69) is 0 Å². The van der Waals surface area contributed by atoms with Crippen molar-refractivity contribution < 1.29 is 26.4 Å². The van der Waals surface area contributed by atoms with Crippen LogP contribution in [0, 0.1) is 0 Å². The molecule has 0 atom stereocenters. The van der Waals surface area contributed by atoms with Gasteiger partial charge in [-0.2, -0.15) is 13.2 Å². The first kappa shape index (κ1) is 17.8. The normalized spacial score (nSPS) is 12.0. The molecule has 2 rings (SSSR count). The van der Waals surface area contributed by atoms with Crippen LogP contribution in [0.1, 0.15) is 15.9 Å². The van der Waals surface area contributed by atoms with E-state index in [-0.39, 0.29) is 16.1 Å². The SMILES string of the molecule is CN(c1ccc(C(N)=O)cc1)S(=O)(=O)c1ccc(C(F)(F)F)cc1. The third-order valence-electron chi connectivity index (χ3n) is 3.36. The summed E-state index contributed by atoms with van der Waals surface area (Å²) in [6.07, 6.45) is -4.54. The van der Waals surface area contributed by atoms with Crippen molar-refractivity contribution in [2.75, 3.05) is 11.4 Å². The molecule has 0 aliphatic carbocycles. The Morgan fingerprint density at radius 2 is 1.50 bits per heavy atom. The van der Waals surface area contributed by atoms with E-state index in [4.69, 9.17) is 5.73 Å². The number of rotatable bonds is 4. The molecule has 2 N–H and O–H groups in total. The number of carbonyl (C=O) groups is 1. The van der Waals surface area contributed by atoms with Crippen molar-refractivity contribution in [2.45, 2.75) is 11.1 Å². The van der Waals surface area contributed by atoms with Gasteiger partial charge in [0.1, 0.15) is 0 Å². The van der Waals surface area contributed by atoms with Crippen molar-refractivity contribution in [1.29, 1.82) is 0 Å². The Morgan fingerprint density at radius 1 is 1.00 bits per heavy atom. The number of carbonyl (C=O) groups excluding carboxylic acids is 1. The molecule has 0 unspecified atom stereocenters. The highest BCUT2D eigenvalue weighted by molar-refractivity contribution is 7.92. The van der Waals surface area contributed by atoms with E-state index in [1.165, 1.54) is 31.3 Å². The monoisotopic (exact) mass is 358 g/mol. The maximum Gasteiger partial charge on any atom is 0.416 e. The lowest BCUT2D eigenvalue weighted by atomic mass is 10.2. The predicted octanol–water partition coefficient (Wildman–Crippen LogP) is 2.63. The third-order valence-corrected chi connectivity index (χ3v) is 5.16. The topological polar surface area (TPSA) is 80.5 Å². The van der Waals surface area contributed by atoms with Crippen molar-refractivity contribution in [2.24, 2.45) is 5.73 Å². The third kappa shape index (κ3) is 3.51. The predicted molar refractivity (Wildman–Crippen MR) is 82.0 cm³/mol. The molecule has 0 heterocycles. The van der Waals surface area contributed by atoms with E-state index in [1.807, 2.05) is 0 Å². The standard InChI is InChI=1S/C15H13F3N2O3S/c1-20(12-6-2-10(3-7-12)14(19)21)24(22,23)13-8-4-11(5-9-13)15(16,17)18/h2-9H,1H3,(H2,19,21). The van der Waals surface area contributed by atoms with Gasteiger partial charge >= 0.3 is 6.18 Å². The molecule has 0 bridgehead atoms. The maximum atomic E-state index is 12.5. The molecule has 0 saturated heterocycles. The zero-order valence-corrected chi connectivity index (χ0v) is 13.2. The van der Waals surface area contributed by atoms with E-state index in [0.29, 0.717) is 12.1 Å². The van der Waals surface area contributed by atoms with Crippen LogP contribution >= 0.6 is 0 Å². The number of amides is 1. The Hall–Kier alpha value is -2.55. The van der Waals surface area contributed by atoms with E-state index in [0.717, 1.165) is 16.4 Å². The molecule has 0 saturated carbocycles. The molecule has 2 aromatic rings. The van der Waals surface area contributed by atoms with Gasteiger partial charge in [-0.25, -0.2) is 8.42 Å². The summed E-state index contributed by atoms with van der Waals surface area (Å²) < 4.78 is 63.5. The zero-order chi connectivity index (χ0) is 18.1. The molecule has 0 aromatic heterocycles. The lowest BCUT2D eigenvalue weighted by Gasteiger charge is -2.20. The fraction of sp³-hybridized carbons (Fsp3) is 0.133. The molecule has 1 amide bonds. The zero-order valence-electron chi connectivity index (χ0n) is 12.4. The van der Waals surface area contributed by atoms with Gasteiger partial charge in [0.05, 0.1) is 16.1 Å². The van der Waals surface area contributed by atoms with Crippen LogP contribution in [-0.4, -0.2) is 21.4 Å². The van der Waals surface area contributed by atoms with Gasteiger partial charge in [0.25, 0.3) is 10.0 Å². The highest BCUT2D eigenvalue weighted by Gasteiger charge is 2.31. The number of hydrogen-bond acceptors (Lipinski definition) is 3. The van der Waals surface area contributed by atoms with Crippen LogP contribution in [-0.2, 0) is 16.2 Å². The summed E-state index contributed by atoms with van der Waals surface area (Å²) in [6.45, 7) is 0. The van der Waals surface area contributed by atoms with Crippen LogP contribution in [0.2, 0.25) is 0 Å². The summed E-state index contributed by atoms with van der Waals surface area (Å²) in [5.41, 5.74) is 4.61. The molecule has 24 heavy (non-hydrogen) atoms. The largest absolute Gasteiger partial charge is 0.416 e. The van der Waals surface area contributed by atoms with Crippen molar-refractivity contribution in [3.8, 4) is 0 Å². The Bertz CT molecular complexity index is 845. The molecule has 128 valence electrons. The van der Waals surface area contributed by atoms with Gasteiger partial charge in [-0.3, -0.25) is 9.10 Å². The average molecular weight is 358 g/mol. The highest BCUT2D eigenvalue weighted by Crippen LogP contribution is 2.30. The van der Waals surface area contributed by atoms with Gasteiger partial charge in [-0.15, -0.1) is 0 Å². The first-order valence-electron chi connectivity index (χ1n) is 6.59. The average Bonchev–Trinajstić information content (AvgIpc) is 2.53. The Kier molecular flexibility index (Phi) is 4.57. The van der Waals surface area contributed by atoms with Crippen LogP contribution in [0.5, 0.6) is 0 Å². The summed E-state index contributed by atoms with van der Waals surface area (Å²) in [7, 11) is -2.78. The first-order chi connectivity index (χ1) is 11.0. The lowest BCUT2D eigenvalue weighted by Crippen LogP contribution is -2.26. The minimum absolute atomic E-state index is 0.207. The number of hydrogen-bond donors (Lipinski definition) is 1. The van der Waals surface area contributed by atoms with Gasteiger partial charge in [0, 0.05) is 12.6 Å². The summed E-state index contributed by atoms with van der Waals surface area (Å²) in [5, 5.41) is 0. The van der Waals surface area contributed by atoms with Crippen LogP contribution in [0.15, 0.2) is 53.4 Å². The van der Waals surface area contributed by atoms with Crippen LogP contribution < -0.4 is 10.0 Å². The minimum atomic E-state index is -4.54. The van der Waals surface area contributed by atoms with E-state index in [9.17, 15) is 26.4 Å². The molecular formula is C15H13F3N2O3S. The lowest BCUT2D eigenvalue weighted by molar-refractivity contribution is -0.137. The molecule has 9 heteroatoms. The molecule has 0 aliphatic heterocycles. The second-order valence-electron chi connectivity index (χ2n) is 4.91.